The molecule has 1 aliphatic rings. The third-order valence-electron chi connectivity index (χ3n) is 5.69. The summed E-state index contributed by atoms with van der Waals surface area (Å²) < 4.78 is 12.9. The zero-order valence-corrected chi connectivity index (χ0v) is 19.7. The Morgan fingerprint density at radius 2 is 1.76 bits per heavy atom. The van der Waals surface area contributed by atoms with E-state index in [1.165, 1.54) is 5.01 Å². The predicted molar refractivity (Wildman–Crippen MR) is 125 cm³/mol. The number of aryl methyl sites for hydroxylation is 2. The van der Waals surface area contributed by atoms with Gasteiger partial charge in [0.1, 0.15) is 11.6 Å². The van der Waals surface area contributed by atoms with Crippen LogP contribution in [0.3, 0.4) is 0 Å². The summed E-state index contributed by atoms with van der Waals surface area (Å²) in [6.45, 7) is 5.76. The van der Waals surface area contributed by atoms with E-state index in [4.69, 9.17) is 14.6 Å². The maximum atomic E-state index is 12.6. The lowest BCUT2D eigenvalue weighted by Gasteiger charge is -2.22. The van der Waals surface area contributed by atoms with Crippen molar-refractivity contribution in [3.05, 3.63) is 64.7 Å². The summed E-state index contributed by atoms with van der Waals surface area (Å²) in [6.07, 6.45) is 0.617. The number of nitrogens with zero attached hydrogens (tertiary/aromatic N) is 5. The van der Waals surface area contributed by atoms with E-state index in [0.717, 1.165) is 34.0 Å². The molecule has 2 amide bonds. The molecule has 0 aliphatic carbocycles. The number of carbonyl (C=O) groups excluding carboxylic acids is 1. The number of fused-ring (bicyclic) bond motifs is 1. The van der Waals surface area contributed by atoms with Gasteiger partial charge in [0.2, 0.25) is 0 Å². The smallest absolute Gasteiger partial charge is 0.337 e. The number of benzene rings is 2. The Kier molecular flexibility index (Phi) is 6.04. The molecule has 2 aromatic carbocycles. The minimum absolute atomic E-state index is 0.153. The van der Waals surface area contributed by atoms with Crippen LogP contribution in [0.15, 0.2) is 41.5 Å². The number of methoxy groups -OCH3 is 2. The third-order valence-corrected chi connectivity index (χ3v) is 5.69. The Morgan fingerprint density at radius 1 is 1.09 bits per heavy atom. The Morgan fingerprint density at radius 3 is 2.33 bits per heavy atom. The van der Waals surface area contributed by atoms with Crippen LogP contribution >= 0.6 is 0 Å². The molecule has 1 atom stereocenters. The SMILES string of the molecule is CNC(=O)N1N=C(c2ccc(-n3nc(C)nc3C)cc2)c2cc(OC)c(OC)cc2CC1C. The van der Waals surface area contributed by atoms with E-state index >= 15 is 0 Å². The van der Waals surface area contributed by atoms with Crippen molar-refractivity contribution in [2.24, 2.45) is 5.10 Å². The van der Waals surface area contributed by atoms with Crippen LogP contribution in [-0.4, -0.2) is 58.8 Å². The van der Waals surface area contributed by atoms with Gasteiger partial charge in [0, 0.05) is 18.2 Å². The monoisotopic (exact) mass is 448 g/mol. The molecule has 2 heterocycles. The molecule has 33 heavy (non-hydrogen) atoms. The Balaban J connectivity index is 1.86. The van der Waals surface area contributed by atoms with Crippen molar-refractivity contribution in [1.82, 2.24) is 25.1 Å². The topological polar surface area (TPSA) is 93.9 Å². The summed E-state index contributed by atoms with van der Waals surface area (Å²) in [7, 11) is 4.82. The van der Waals surface area contributed by atoms with Crippen LogP contribution in [0.25, 0.3) is 5.69 Å². The maximum Gasteiger partial charge on any atom is 0.337 e. The van der Waals surface area contributed by atoms with Crippen molar-refractivity contribution in [3.63, 3.8) is 0 Å². The van der Waals surface area contributed by atoms with E-state index in [1.807, 2.05) is 57.2 Å². The van der Waals surface area contributed by atoms with E-state index in [2.05, 4.69) is 15.4 Å². The number of amides is 2. The number of carbonyl (C=O) groups is 1. The highest BCUT2D eigenvalue weighted by Gasteiger charge is 2.28. The van der Waals surface area contributed by atoms with E-state index < -0.39 is 0 Å². The van der Waals surface area contributed by atoms with E-state index in [-0.39, 0.29) is 12.1 Å². The minimum Gasteiger partial charge on any atom is -0.493 e. The average molecular weight is 449 g/mol. The fourth-order valence-corrected chi connectivity index (χ4v) is 4.07. The van der Waals surface area contributed by atoms with Crippen LogP contribution in [0.2, 0.25) is 0 Å². The Hall–Kier alpha value is -3.88. The van der Waals surface area contributed by atoms with Crippen LogP contribution in [0.5, 0.6) is 11.5 Å². The van der Waals surface area contributed by atoms with Gasteiger partial charge in [0.25, 0.3) is 0 Å². The lowest BCUT2D eigenvalue weighted by Crippen LogP contribution is -2.41. The first-order valence-corrected chi connectivity index (χ1v) is 10.7. The van der Waals surface area contributed by atoms with Crippen LogP contribution in [0.1, 0.15) is 35.3 Å². The molecule has 172 valence electrons. The molecular formula is C24H28N6O3. The van der Waals surface area contributed by atoms with Crippen molar-refractivity contribution < 1.29 is 14.3 Å². The summed E-state index contributed by atoms with van der Waals surface area (Å²) in [5.74, 6) is 2.78. The maximum absolute atomic E-state index is 12.6. The Labute approximate surface area is 193 Å². The van der Waals surface area contributed by atoms with Gasteiger partial charge in [-0.2, -0.15) is 10.2 Å². The second-order valence-electron chi connectivity index (χ2n) is 7.93. The first kappa shape index (κ1) is 22.3. The first-order chi connectivity index (χ1) is 15.9. The lowest BCUT2D eigenvalue weighted by molar-refractivity contribution is 0.184. The zero-order valence-electron chi connectivity index (χ0n) is 19.7. The molecular weight excluding hydrogens is 420 g/mol. The van der Waals surface area contributed by atoms with Crippen LogP contribution in [0.4, 0.5) is 4.79 Å². The minimum atomic E-state index is -0.267. The number of ether oxygens (including phenoxy) is 2. The fourth-order valence-electron chi connectivity index (χ4n) is 4.07. The highest BCUT2D eigenvalue weighted by Crippen LogP contribution is 2.34. The fraction of sp³-hybridized carbons (Fsp3) is 0.333. The zero-order chi connectivity index (χ0) is 23.7. The van der Waals surface area contributed by atoms with Crippen molar-refractivity contribution in [2.75, 3.05) is 21.3 Å². The molecule has 1 unspecified atom stereocenters. The molecule has 0 spiro atoms. The summed E-state index contributed by atoms with van der Waals surface area (Å²) in [4.78, 5) is 17.0. The van der Waals surface area contributed by atoms with E-state index in [0.29, 0.717) is 23.6 Å². The van der Waals surface area contributed by atoms with Crippen LogP contribution < -0.4 is 14.8 Å². The quantitative estimate of drug-likeness (QED) is 0.661. The molecule has 0 saturated heterocycles. The highest BCUT2D eigenvalue weighted by molar-refractivity contribution is 6.14. The molecule has 0 fully saturated rings. The van der Waals surface area contributed by atoms with Gasteiger partial charge in [-0.15, -0.1) is 0 Å². The number of urea groups is 1. The molecule has 1 aromatic heterocycles. The Bertz CT molecular complexity index is 1220. The molecule has 1 N–H and O–H groups in total. The molecule has 0 radical (unpaired) electrons. The van der Waals surface area contributed by atoms with Gasteiger partial charge in [0.15, 0.2) is 11.5 Å². The number of hydrogen-bond acceptors (Lipinski definition) is 6. The van der Waals surface area contributed by atoms with E-state index in [9.17, 15) is 4.79 Å². The molecule has 3 aromatic rings. The molecule has 4 rings (SSSR count). The normalized spacial score (nSPS) is 15.4. The summed E-state index contributed by atoms with van der Waals surface area (Å²) >= 11 is 0. The van der Waals surface area contributed by atoms with Crippen molar-refractivity contribution in [3.8, 4) is 17.2 Å². The predicted octanol–water partition coefficient (Wildman–Crippen LogP) is 3.24. The molecule has 0 bridgehead atoms. The number of rotatable bonds is 4. The summed E-state index contributed by atoms with van der Waals surface area (Å²) in [5.41, 5.74) is 4.36. The van der Waals surface area contributed by atoms with Crippen molar-refractivity contribution in [2.45, 2.75) is 33.2 Å². The van der Waals surface area contributed by atoms with Gasteiger partial charge >= 0.3 is 6.03 Å². The van der Waals surface area contributed by atoms with Crippen molar-refractivity contribution >= 4 is 11.7 Å². The number of hydrogen-bond donors (Lipinski definition) is 1. The number of aromatic nitrogens is 3. The number of hydrazone groups is 1. The number of nitrogens with one attached hydrogen (secondary N) is 1. The largest absolute Gasteiger partial charge is 0.493 e. The van der Waals surface area contributed by atoms with Gasteiger partial charge in [-0.3, -0.25) is 0 Å². The van der Waals surface area contributed by atoms with E-state index in [1.54, 1.807) is 25.9 Å². The van der Waals surface area contributed by atoms with Gasteiger partial charge in [-0.25, -0.2) is 19.5 Å². The summed E-state index contributed by atoms with van der Waals surface area (Å²) in [5, 5.41) is 13.4. The van der Waals surface area contributed by atoms with Gasteiger partial charge in [-0.1, -0.05) is 12.1 Å². The van der Waals surface area contributed by atoms with Gasteiger partial charge in [-0.05, 0) is 57.0 Å². The average Bonchev–Trinajstić information content (AvgIpc) is 3.09. The lowest BCUT2D eigenvalue weighted by atomic mass is 9.94. The first-order valence-electron chi connectivity index (χ1n) is 10.7. The second-order valence-corrected chi connectivity index (χ2v) is 7.93. The summed E-state index contributed by atoms with van der Waals surface area (Å²) in [6, 6.07) is 11.4. The molecule has 1 aliphatic heterocycles. The standard InChI is InChI=1S/C24H28N6O3/c1-14-11-18-12-21(32-5)22(33-6)13-20(18)23(28-29(14)24(31)25-4)17-7-9-19(10-8-17)30-16(3)26-15(2)27-30/h7-10,12-14H,11H2,1-6H3,(H,25,31). The molecule has 9 nitrogen and oxygen atoms in total. The van der Waals surface area contributed by atoms with Crippen molar-refractivity contribution in [1.29, 1.82) is 0 Å². The van der Waals surface area contributed by atoms with Gasteiger partial charge in [0.05, 0.1) is 31.7 Å². The van der Waals surface area contributed by atoms with Crippen LogP contribution in [0, 0.1) is 13.8 Å². The van der Waals surface area contributed by atoms with Crippen LogP contribution in [-0.2, 0) is 6.42 Å². The second kappa shape index (κ2) is 8.93. The molecule has 0 saturated carbocycles. The highest BCUT2D eigenvalue weighted by atomic mass is 16.5. The van der Waals surface area contributed by atoms with Gasteiger partial charge < -0.3 is 14.8 Å². The molecule has 9 heteroatoms. The third kappa shape index (κ3) is 4.13.